The smallest absolute Gasteiger partial charge is 0.244 e. The second kappa shape index (κ2) is 8.92. The number of para-hydroxylation sites is 1. The van der Waals surface area contributed by atoms with Crippen molar-refractivity contribution >= 4 is 39.1 Å². The van der Waals surface area contributed by atoms with E-state index < -0.39 is 21.3 Å². The Hall–Kier alpha value is -1.80. The lowest BCUT2D eigenvalue weighted by Gasteiger charge is -2.41. The van der Waals surface area contributed by atoms with E-state index in [9.17, 15) is 13.2 Å². The first-order valence-corrected chi connectivity index (χ1v) is 11.3. The maximum atomic E-state index is 13.2. The predicted octanol–water partition coefficient (Wildman–Crippen LogP) is 3.72. The van der Waals surface area contributed by atoms with Gasteiger partial charge in [-0.1, -0.05) is 41.4 Å². The molecule has 0 aromatic heterocycles. The molecule has 1 fully saturated rings. The summed E-state index contributed by atoms with van der Waals surface area (Å²) in [7, 11) is -3.90. The minimum absolute atomic E-state index is 0.0229. The molecule has 29 heavy (non-hydrogen) atoms. The fraction of sp³-hybridized carbons (Fsp3) is 0.350. The number of piperidine rings is 1. The van der Waals surface area contributed by atoms with E-state index in [1.54, 1.807) is 12.1 Å². The van der Waals surface area contributed by atoms with Crippen LogP contribution in [-0.2, 0) is 14.8 Å². The molecule has 1 heterocycles. The lowest BCUT2D eigenvalue weighted by atomic mass is 9.78. The summed E-state index contributed by atoms with van der Waals surface area (Å²) in [4.78, 5) is 11.7. The molecule has 0 saturated carbocycles. The van der Waals surface area contributed by atoms with Gasteiger partial charge in [0.05, 0.1) is 11.6 Å². The molecule has 2 aromatic rings. The Kier molecular flexibility index (Phi) is 6.73. The average molecular weight is 457 g/mol. The Balaban J connectivity index is 1.87. The number of rotatable bonds is 7. The summed E-state index contributed by atoms with van der Waals surface area (Å²) in [6, 6.07) is 13.5. The topological polar surface area (TPSA) is 89.7 Å². The second-order valence-corrected chi connectivity index (χ2v) is 10.0. The number of nitrogens with zero attached hydrogens (tertiary/aromatic N) is 1. The molecular formula is C20H22Cl2N2O4S. The number of nitrogens with two attached hydrogens (primary N) is 1. The summed E-state index contributed by atoms with van der Waals surface area (Å²) >= 11 is 12.1. The van der Waals surface area contributed by atoms with Crippen molar-refractivity contribution in [1.82, 2.24) is 4.31 Å². The molecule has 9 heteroatoms. The summed E-state index contributed by atoms with van der Waals surface area (Å²) in [6.45, 7) is 0.597. The predicted molar refractivity (Wildman–Crippen MR) is 113 cm³/mol. The highest BCUT2D eigenvalue weighted by molar-refractivity contribution is 7.89. The van der Waals surface area contributed by atoms with E-state index in [-0.39, 0.29) is 34.5 Å². The van der Waals surface area contributed by atoms with Crippen molar-refractivity contribution in [3.8, 4) is 5.75 Å². The molecule has 0 spiro atoms. The first-order valence-electron chi connectivity index (χ1n) is 9.13. The van der Waals surface area contributed by atoms with Crippen molar-refractivity contribution in [2.24, 2.45) is 11.1 Å². The Morgan fingerprint density at radius 3 is 2.59 bits per heavy atom. The number of hydrogen-bond donors (Lipinski definition) is 1. The quantitative estimate of drug-likeness (QED) is 0.687. The highest BCUT2D eigenvalue weighted by atomic mass is 35.5. The van der Waals surface area contributed by atoms with Crippen LogP contribution in [0.5, 0.6) is 5.75 Å². The van der Waals surface area contributed by atoms with Gasteiger partial charge < -0.3 is 10.5 Å². The Morgan fingerprint density at radius 1 is 1.17 bits per heavy atom. The van der Waals surface area contributed by atoms with Crippen LogP contribution in [0.15, 0.2) is 53.4 Å². The molecule has 1 atom stereocenters. The van der Waals surface area contributed by atoms with E-state index in [1.807, 2.05) is 18.2 Å². The van der Waals surface area contributed by atoms with Crippen molar-refractivity contribution < 1.29 is 17.9 Å². The number of hydrogen-bond acceptors (Lipinski definition) is 4. The largest absolute Gasteiger partial charge is 0.493 e. The first-order chi connectivity index (χ1) is 13.7. The molecule has 0 bridgehead atoms. The molecule has 6 nitrogen and oxygen atoms in total. The van der Waals surface area contributed by atoms with E-state index in [0.29, 0.717) is 25.1 Å². The number of amides is 1. The van der Waals surface area contributed by atoms with Crippen molar-refractivity contribution in [3.63, 3.8) is 0 Å². The monoisotopic (exact) mass is 456 g/mol. The van der Waals surface area contributed by atoms with E-state index in [4.69, 9.17) is 33.7 Å². The fourth-order valence-corrected chi connectivity index (χ4v) is 5.95. The average Bonchev–Trinajstić information content (AvgIpc) is 2.69. The molecule has 1 aliphatic heterocycles. The maximum absolute atomic E-state index is 13.2. The van der Waals surface area contributed by atoms with Gasteiger partial charge in [0.15, 0.2) is 0 Å². The molecule has 2 N–H and O–H groups in total. The van der Waals surface area contributed by atoms with Crippen LogP contribution in [0, 0.1) is 5.41 Å². The summed E-state index contributed by atoms with van der Waals surface area (Å²) in [5.74, 6) is 0.149. The molecule has 2 aromatic carbocycles. The molecule has 1 saturated heterocycles. The number of carbonyl (C=O) groups is 1. The number of carbonyl (C=O) groups excluding carboxylic acids is 1. The molecule has 0 radical (unpaired) electrons. The van der Waals surface area contributed by atoms with Crippen LogP contribution < -0.4 is 10.5 Å². The Morgan fingerprint density at radius 2 is 1.90 bits per heavy atom. The summed E-state index contributed by atoms with van der Waals surface area (Å²) in [5.41, 5.74) is 4.76. The van der Waals surface area contributed by atoms with Crippen LogP contribution in [0.1, 0.15) is 19.3 Å². The highest BCUT2D eigenvalue weighted by Crippen LogP contribution is 2.38. The highest BCUT2D eigenvalue weighted by Gasteiger charge is 2.42. The van der Waals surface area contributed by atoms with Gasteiger partial charge in [-0.15, -0.1) is 0 Å². The molecule has 1 amide bonds. The second-order valence-electron chi connectivity index (χ2n) is 7.26. The summed E-state index contributed by atoms with van der Waals surface area (Å²) in [6.07, 6.45) is 1.22. The van der Waals surface area contributed by atoms with Crippen LogP contribution in [-0.4, -0.2) is 38.3 Å². The Labute approximate surface area is 180 Å². The van der Waals surface area contributed by atoms with Gasteiger partial charge in [0.2, 0.25) is 15.9 Å². The van der Waals surface area contributed by atoms with E-state index in [2.05, 4.69) is 0 Å². The van der Waals surface area contributed by atoms with Crippen LogP contribution in [0.3, 0.4) is 0 Å². The van der Waals surface area contributed by atoms with Crippen LogP contribution in [0.4, 0.5) is 0 Å². The molecular weight excluding hydrogens is 435 g/mol. The normalized spacial score (nSPS) is 20.3. The van der Waals surface area contributed by atoms with Gasteiger partial charge in [0.25, 0.3) is 0 Å². The zero-order valence-corrected chi connectivity index (χ0v) is 18.0. The minimum atomic E-state index is -3.90. The van der Waals surface area contributed by atoms with Gasteiger partial charge in [0.1, 0.15) is 10.6 Å². The lowest BCUT2D eigenvalue weighted by molar-refractivity contribution is -0.121. The van der Waals surface area contributed by atoms with Crippen LogP contribution in [0.25, 0.3) is 0 Å². The van der Waals surface area contributed by atoms with Crippen molar-refractivity contribution in [2.45, 2.75) is 24.2 Å². The van der Waals surface area contributed by atoms with E-state index in [1.165, 1.54) is 22.5 Å². The molecule has 3 rings (SSSR count). The third-order valence-corrected chi connectivity index (χ3v) is 7.54. The minimum Gasteiger partial charge on any atom is -0.493 e. The molecule has 156 valence electrons. The Bertz CT molecular complexity index is 985. The van der Waals surface area contributed by atoms with Crippen LogP contribution in [0.2, 0.25) is 10.0 Å². The zero-order valence-electron chi connectivity index (χ0n) is 15.7. The number of halogens is 2. The molecule has 1 unspecified atom stereocenters. The van der Waals surface area contributed by atoms with Crippen LogP contribution >= 0.6 is 23.2 Å². The summed E-state index contributed by atoms with van der Waals surface area (Å²) < 4.78 is 33.7. The lowest BCUT2D eigenvalue weighted by Crippen LogP contribution is -2.50. The van der Waals surface area contributed by atoms with Crippen molar-refractivity contribution in [3.05, 3.63) is 58.6 Å². The van der Waals surface area contributed by atoms with Gasteiger partial charge in [-0.25, -0.2) is 8.42 Å². The van der Waals surface area contributed by atoms with Gasteiger partial charge in [0, 0.05) is 29.9 Å². The van der Waals surface area contributed by atoms with Gasteiger partial charge in [-0.05, 0) is 43.2 Å². The maximum Gasteiger partial charge on any atom is 0.244 e. The molecule has 1 aliphatic rings. The number of primary amides is 1. The number of ether oxygens (including phenoxy) is 1. The third-order valence-electron chi connectivity index (χ3n) is 4.97. The van der Waals surface area contributed by atoms with Crippen molar-refractivity contribution in [2.75, 3.05) is 19.7 Å². The first kappa shape index (κ1) is 21.9. The number of benzene rings is 2. The van der Waals surface area contributed by atoms with Gasteiger partial charge in [-0.3, -0.25) is 4.79 Å². The molecule has 0 aliphatic carbocycles. The van der Waals surface area contributed by atoms with E-state index >= 15 is 0 Å². The third kappa shape index (κ3) is 5.22. The number of sulfonamides is 1. The van der Waals surface area contributed by atoms with E-state index in [0.717, 1.165) is 0 Å². The SMILES string of the molecule is NC(=O)CC1(COc2ccccc2)CCCN(S(=O)(=O)c2cc(Cl)ccc2Cl)C1. The van der Waals surface area contributed by atoms with Gasteiger partial charge in [-0.2, -0.15) is 4.31 Å². The summed E-state index contributed by atoms with van der Waals surface area (Å²) in [5, 5.41) is 0.377. The zero-order chi connectivity index (χ0) is 21.1. The van der Waals surface area contributed by atoms with Gasteiger partial charge >= 0.3 is 0 Å². The van der Waals surface area contributed by atoms with Crippen molar-refractivity contribution in [1.29, 1.82) is 0 Å². The standard InChI is InChI=1S/C20H22Cl2N2O4S/c21-15-7-8-17(22)18(11-15)29(26,27)24-10-4-9-20(13-24,12-19(23)25)14-28-16-5-2-1-3-6-16/h1-3,5-8,11H,4,9-10,12-14H2,(H2,23,25). The fourth-order valence-electron chi connectivity index (χ4n) is 3.62.